The third-order valence-corrected chi connectivity index (χ3v) is 7.73. The fraction of sp³-hybridized carbons (Fsp3) is 0.129. The maximum absolute atomic E-state index is 14.9. The molecule has 2 N–H and O–H groups in total. The molecule has 0 aliphatic carbocycles. The molecular weight excluding hydrogens is 536 g/mol. The van der Waals surface area contributed by atoms with Crippen molar-refractivity contribution in [2.24, 2.45) is 0 Å². The number of nitriles is 1. The average Bonchev–Trinajstić information content (AvgIpc) is 3.22. The summed E-state index contributed by atoms with van der Waals surface area (Å²) in [6, 6.07) is 22.0. The van der Waals surface area contributed by atoms with E-state index in [1.807, 2.05) is 6.07 Å². The number of amides is 2. The van der Waals surface area contributed by atoms with Gasteiger partial charge in [-0.3, -0.25) is 9.59 Å². The molecule has 2 aliphatic heterocycles. The average molecular weight is 556 g/mol. The van der Waals surface area contributed by atoms with Gasteiger partial charge in [0.05, 0.1) is 17.7 Å². The van der Waals surface area contributed by atoms with Crippen molar-refractivity contribution in [1.29, 1.82) is 5.26 Å². The molecule has 3 unspecified atom stereocenters. The van der Waals surface area contributed by atoms with E-state index in [0.29, 0.717) is 27.5 Å². The van der Waals surface area contributed by atoms with Crippen LogP contribution in [0.4, 0.5) is 14.5 Å². The minimum Gasteiger partial charge on any atom is -0.457 e. The highest BCUT2D eigenvalue weighted by atomic mass is 35.5. The molecule has 1 fully saturated rings. The highest BCUT2D eigenvalue weighted by Gasteiger charge is 2.61. The van der Waals surface area contributed by atoms with Crippen LogP contribution >= 0.6 is 11.6 Å². The van der Waals surface area contributed by atoms with Crippen LogP contribution in [0.5, 0.6) is 11.5 Å². The zero-order chi connectivity index (χ0) is 28.0. The summed E-state index contributed by atoms with van der Waals surface area (Å²) in [6.07, 6.45) is -0.0673. The molecule has 4 aromatic carbocycles. The van der Waals surface area contributed by atoms with Gasteiger partial charge < -0.3 is 15.4 Å². The number of fused-ring (bicyclic) bond motifs is 2. The van der Waals surface area contributed by atoms with Gasteiger partial charge in [0.25, 0.3) is 0 Å². The number of anilines is 1. The van der Waals surface area contributed by atoms with E-state index in [0.717, 1.165) is 0 Å². The van der Waals surface area contributed by atoms with Crippen molar-refractivity contribution in [3.8, 4) is 17.6 Å². The molecule has 0 saturated carbocycles. The molecule has 6 rings (SSSR count). The lowest BCUT2D eigenvalue weighted by atomic mass is 9.59. The zero-order valence-corrected chi connectivity index (χ0v) is 21.5. The fourth-order valence-corrected chi connectivity index (χ4v) is 6.03. The third kappa shape index (κ3) is 4.16. The normalized spacial score (nSPS) is 21.4. The van der Waals surface area contributed by atoms with Gasteiger partial charge in [-0.2, -0.15) is 5.26 Å². The van der Waals surface area contributed by atoms with Crippen LogP contribution in [0.1, 0.15) is 40.6 Å². The Bertz CT molecular complexity index is 1720. The molecule has 1 saturated heterocycles. The molecule has 0 radical (unpaired) electrons. The van der Waals surface area contributed by atoms with E-state index in [1.165, 1.54) is 36.4 Å². The number of piperidine rings is 1. The van der Waals surface area contributed by atoms with Gasteiger partial charge >= 0.3 is 0 Å². The van der Waals surface area contributed by atoms with Crippen LogP contribution in [-0.2, 0) is 15.0 Å². The zero-order valence-electron chi connectivity index (χ0n) is 20.8. The number of nitrogens with zero attached hydrogens (tertiary/aromatic N) is 1. The van der Waals surface area contributed by atoms with E-state index in [1.54, 1.807) is 48.5 Å². The number of hydrogen-bond donors (Lipinski definition) is 2. The van der Waals surface area contributed by atoms with Crippen LogP contribution in [0.15, 0.2) is 84.9 Å². The van der Waals surface area contributed by atoms with Gasteiger partial charge in [0.1, 0.15) is 28.5 Å². The molecule has 4 aromatic rings. The summed E-state index contributed by atoms with van der Waals surface area (Å²) in [5.41, 5.74) is 0.507. The maximum atomic E-state index is 14.9. The first kappa shape index (κ1) is 25.5. The Morgan fingerprint density at radius 1 is 0.950 bits per heavy atom. The van der Waals surface area contributed by atoms with Crippen LogP contribution in [0.3, 0.4) is 0 Å². The Kier molecular flexibility index (Phi) is 6.24. The molecule has 2 amide bonds. The Balaban J connectivity index is 1.58. The van der Waals surface area contributed by atoms with Gasteiger partial charge in [-0.25, -0.2) is 8.78 Å². The molecule has 2 aliphatic rings. The smallest absolute Gasteiger partial charge is 0.238 e. The van der Waals surface area contributed by atoms with Gasteiger partial charge in [0, 0.05) is 28.6 Å². The lowest BCUT2D eigenvalue weighted by Gasteiger charge is -2.46. The predicted molar refractivity (Wildman–Crippen MR) is 144 cm³/mol. The number of halogens is 3. The van der Waals surface area contributed by atoms with Crippen molar-refractivity contribution in [1.82, 2.24) is 5.32 Å². The minimum atomic E-state index is -1.50. The van der Waals surface area contributed by atoms with Crippen molar-refractivity contribution >= 4 is 29.1 Å². The van der Waals surface area contributed by atoms with Crippen LogP contribution in [0, 0.1) is 23.0 Å². The maximum Gasteiger partial charge on any atom is 0.238 e. The summed E-state index contributed by atoms with van der Waals surface area (Å²) in [5, 5.41) is 15.3. The van der Waals surface area contributed by atoms with Crippen LogP contribution in [0.25, 0.3) is 0 Å². The highest BCUT2D eigenvalue weighted by molar-refractivity contribution is 6.30. The number of hydrogen-bond acceptors (Lipinski definition) is 4. The Hall–Kier alpha value is -4.74. The molecule has 198 valence electrons. The molecule has 0 bridgehead atoms. The van der Waals surface area contributed by atoms with Crippen molar-refractivity contribution in [3.63, 3.8) is 0 Å². The summed E-state index contributed by atoms with van der Waals surface area (Å²) in [7, 11) is 0. The summed E-state index contributed by atoms with van der Waals surface area (Å²) < 4.78 is 35.3. The molecule has 2 heterocycles. The number of ether oxygens (including phenoxy) is 1. The van der Waals surface area contributed by atoms with Crippen molar-refractivity contribution in [2.45, 2.75) is 23.8 Å². The van der Waals surface area contributed by atoms with Crippen molar-refractivity contribution in [3.05, 3.63) is 124 Å². The first-order valence-corrected chi connectivity index (χ1v) is 12.8. The Morgan fingerprint density at radius 3 is 2.45 bits per heavy atom. The van der Waals surface area contributed by atoms with E-state index in [9.17, 15) is 18.4 Å². The summed E-state index contributed by atoms with van der Waals surface area (Å²) in [4.78, 5) is 27.4. The molecule has 6 nitrogen and oxygen atoms in total. The van der Waals surface area contributed by atoms with E-state index in [4.69, 9.17) is 21.6 Å². The minimum absolute atomic E-state index is 0.0673. The second-order valence-corrected chi connectivity index (χ2v) is 10.2. The molecule has 9 heteroatoms. The number of carbonyl (C=O) groups is 2. The van der Waals surface area contributed by atoms with Crippen LogP contribution < -0.4 is 15.4 Å². The van der Waals surface area contributed by atoms with Gasteiger partial charge in [-0.15, -0.1) is 0 Å². The fourth-order valence-electron chi connectivity index (χ4n) is 5.83. The van der Waals surface area contributed by atoms with Gasteiger partial charge in [-0.05, 0) is 77.9 Å². The number of rotatable bonds is 4. The largest absolute Gasteiger partial charge is 0.457 e. The molecule has 1 spiro atoms. The van der Waals surface area contributed by atoms with Crippen LogP contribution in [-0.4, -0.2) is 11.8 Å². The highest BCUT2D eigenvalue weighted by Crippen LogP contribution is 2.58. The van der Waals surface area contributed by atoms with E-state index in [-0.39, 0.29) is 29.3 Å². The first-order valence-electron chi connectivity index (χ1n) is 12.4. The molecular formula is C31H20ClF2N3O3. The van der Waals surface area contributed by atoms with Crippen LogP contribution in [0.2, 0.25) is 5.02 Å². The third-order valence-electron chi connectivity index (χ3n) is 7.50. The lowest BCUT2D eigenvalue weighted by molar-refractivity contribution is -0.131. The molecule has 0 aromatic heterocycles. The SMILES string of the molecule is N#Cc1ccc(Oc2ccc(F)cc2C2NC(=O)CC(c3cccc(Cl)c3)C23C(=O)Nc2cc(F)ccc23)cc1. The molecule has 40 heavy (non-hydrogen) atoms. The van der Waals surface area contributed by atoms with E-state index >= 15 is 0 Å². The van der Waals surface area contributed by atoms with Crippen molar-refractivity contribution in [2.75, 3.05) is 5.32 Å². The number of nitrogens with one attached hydrogen (secondary N) is 2. The second kappa shape index (κ2) is 9.78. The number of carbonyl (C=O) groups excluding carboxylic acids is 2. The van der Waals surface area contributed by atoms with E-state index < -0.39 is 34.9 Å². The first-order chi connectivity index (χ1) is 19.3. The molecule has 3 atom stereocenters. The number of benzene rings is 4. The topological polar surface area (TPSA) is 91.2 Å². The van der Waals surface area contributed by atoms with Gasteiger partial charge in [-0.1, -0.05) is 29.8 Å². The van der Waals surface area contributed by atoms with Gasteiger partial charge in [0.2, 0.25) is 11.8 Å². The van der Waals surface area contributed by atoms with Gasteiger partial charge in [0.15, 0.2) is 0 Å². The summed E-state index contributed by atoms with van der Waals surface area (Å²) >= 11 is 6.32. The van der Waals surface area contributed by atoms with Crippen molar-refractivity contribution < 1.29 is 23.1 Å². The monoisotopic (exact) mass is 555 g/mol. The second-order valence-electron chi connectivity index (χ2n) is 9.75. The quantitative estimate of drug-likeness (QED) is 0.300. The van der Waals surface area contributed by atoms with E-state index in [2.05, 4.69) is 10.6 Å². The predicted octanol–water partition coefficient (Wildman–Crippen LogP) is 6.52. The standard InChI is InChI=1S/C31H20ClF2N3O3/c32-19-3-1-2-18(12-19)25-15-28(38)37-29(31(25)24-10-6-21(34)14-26(24)36-30(31)39)23-13-20(33)7-11-27(23)40-22-8-4-17(16-35)5-9-22/h1-14,25,29H,15H2,(H,36,39)(H,37,38). The Labute approximate surface area is 233 Å². The lowest BCUT2D eigenvalue weighted by Crippen LogP contribution is -2.56. The summed E-state index contributed by atoms with van der Waals surface area (Å²) in [6.45, 7) is 0. The Morgan fingerprint density at radius 2 is 1.70 bits per heavy atom. The summed E-state index contributed by atoms with van der Waals surface area (Å²) in [5.74, 6) is -2.15.